The highest BCUT2D eigenvalue weighted by Gasteiger charge is 2.23. The minimum absolute atomic E-state index is 0.175. The summed E-state index contributed by atoms with van der Waals surface area (Å²) >= 11 is 0. The molecule has 0 spiro atoms. The maximum atomic E-state index is 10.1. The number of anilines is 1. The number of nitrogens with one attached hydrogen (secondary N) is 1. The molecule has 0 radical (unpaired) electrons. The molecule has 2 nitrogen and oxygen atoms in total. The zero-order chi connectivity index (χ0) is 13.8. The summed E-state index contributed by atoms with van der Waals surface area (Å²) in [6.07, 6.45) is 4.06. The van der Waals surface area contributed by atoms with Crippen LogP contribution in [0.15, 0.2) is 54.6 Å². The van der Waals surface area contributed by atoms with Gasteiger partial charge in [0.25, 0.3) is 0 Å². The van der Waals surface area contributed by atoms with Crippen LogP contribution in [0, 0.1) is 0 Å². The van der Waals surface area contributed by atoms with Gasteiger partial charge in [-0.2, -0.15) is 0 Å². The third kappa shape index (κ3) is 2.86. The van der Waals surface area contributed by atoms with E-state index in [0.29, 0.717) is 0 Å². The topological polar surface area (TPSA) is 32.3 Å². The number of rotatable bonds is 3. The van der Waals surface area contributed by atoms with Crippen molar-refractivity contribution in [3.05, 3.63) is 54.6 Å². The molecular weight excluding hydrogens is 246 g/mol. The molecule has 1 aliphatic carbocycles. The number of hydrogen-bond acceptors (Lipinski definition) is 2. The standard InChI is InChI=1S/C18H21NO/c20-18-13-7-6-12-17(18)19-16-11-5-4-10-15(16)14-8-2-1-3-9-14/h1-5,8-11,17-20H,6-7,12-13H2/t17-,18-/m1/s1. The quantitative estimate of drug-likeness (QED) is 0.878. The van der Waals surface area contributed by atoms with E-state index in [1.54, 1.807) is 0 Å². The number of hydrogen-bond donors (Lipinski definition) is 2. The zero-order valence-electron chi connectivity index (χ0n) is 11.6. The number of benzene rings is 2. The molecule has 1 fully saturated rings. The third-order valence-corrected chi connectivity index (χ3v) is 4.08. The predicted octanol–water partition coefficient (Wildman–Crippen LogP) is 4.07. The van der Waals surface area contributed by atoms with Gasteiger partial charge in [0.15, 0.2) is 0 Å². The van der Waals surface area contributed by atoms with Gasteiger partial charge in [-0.3, -0.25) is 0 Å². The Kier molecular flexibility index (Phi) is 4.03. The summed E-state index contributed by atoms with van der Waals surface area (Å²) in [4.78, 5) is 0. The highest BCUT2D eigenvalue weighted by molar-refractivity contribution is 5.77. The fourth-order valence-electron chi connectivity index (χ4n) is 2.96. The van der Waals surface area contributed by atoms with Crippen molar-refractivity contribution >= 4 is 5.69 Å². The molecular formula is C18H21NO. The molecule has 0 saturated heterocycles. The van der Waals surface area contributed by atoms with Crippen LogP contribution < -0.4 is 5.32 Å². The molecule has 0 amide bonds. The van der Waals surface area contributed by atoms with Gasteiger partial charge in [0.1, 0.15) is 0 Å². The van der Waals surface area contributed by atoms with Crippen molar-refractivity contribution in [3.8, 4) is 11.1 Å². The van der Waals surface area contributed by atoms with Crippen molar-refractivity contribution in [3.63, 3.8) is 0 Å². The molecule has 2 heteroatoms. The van der Waals surface area contributed by atoms with Crippen LogP contribution in [0.1, 0.15) is 25.7 Å². The molecule has 3 rings (SSSR count). The fourth-order valence-corrected chi connectivity index (χ4v) is 2.96. The zero-order valence-corrected chi connectivity index (χ0v) is 11.6. The maximum Gasteiger partial charge on any atom is 0.0741 e. The predicted molar refractivity (Wildman–Crippen MR) is 83.8 cm³/mol. The van der Waals surface area contributed by atoms with E-state index in [4.69, 9.17) is 0 Å². The van der Waals surface area contributed by atoms with Crippen molar-refractivity contribution < 1.29 is 5.11 Å². The Balaban J connectivity index is 1.86. The molecule has 0 aliphatic heterocycles. The molecule has 2 N–H and O–H groups in total. The molecule has 1 saturated carbocycles. The van der Waals surface area contributed by atoms with Gasteiger partial charge in [0.05, 0.1) is 12.1 Å². The van der Waals surface area contributed by atoms with E-state index in [1.807, 2.05) is 12.1 Å². The Bertz CT molecular complexity index is 552. The average Bonchev–Trinajstić information content (AvgIpc) is 2.51. The van der Waals surface area contributed by atoms with E-state index >= 15 is 0 Å². The first-order valence-corrected chi connectivity index (χ1v) is 7.43. The summed E-state index contributed by atoms with van der Waals surface area (Å²) in [5.74, 6) is 0. The molecule has 0 bridgehead atoms. The lowest BCUT2D eigenvalue weighted by Crippen LogP contribution is -2.36. The van der Waals surface area contributed by atoms with E-state index in [9.17, 15) is 5.11 Å². The van der Waals surface area contributed by atoms with Crippen molar-refractivity contribution in [2.24, 2.45) is 0 Å². The molecule has 2 aromatic carbocycles. The summed E-state index contributed by atoms with van der Waals surface area (Å²) in [5.41, 5.74) is 3.52. The lowest BCUT2D eigenvalue weighted by atomic mass is 9.92. The van der Waals surface area contributed by atoms with Crippen LogP contribution in [-0.2, 0) is 0 Å². The summed E-state index contributed by atoms with van der Waals surface area (Å²) in [7, 11) is 0. The van der Waals surface area contributed by atoms with E-state index in [0.717, 1.165) is 24.9 Å². The fraction of sp³-hybridized carbons (Fsp3) is 0.333. The number of aliphatic hydroxyl groups is 1. The Morgan fingerprint density at radius 1 is 0.850 bits per heavy atom. The van der Waals surface area contributed by atoms with Gasteiger partial charge in [0.2, 0.25) is 0 Å². The molecule has 2 atom stereocenters. The lowest BCUT2D eigenvalue weighted by molar-refractivity contribution is 0.116. The van der Waals surface area contributed by atoms with E-state index in [-0.39, 0.29) is 12.1 Å². The van der Waals surface area contributed by atoms with Crippen LogP contribution in [0.25, 0.3) is 11.1 Å². The van der Waals surface area contributed by atoms with Gasteiger partial charge < -0.3 is 10.4 Å². The van der Waals surface area contributed by atoms with Gasteiger partial charge in [0, 0.05) is 11.3 Å². The van der Waals surface area contributed by atoms with Crippen LogP contribution in [0.5, 0.6) is 0 Å². The molecule has 0 aromatic heterocycles. The van der Waals surface area contributed by atoms with Crippen molar-refractivity contribution in [1.82, 2.24) is 0 Å². The van der Waals surface area contributed by atoms with Gasteiger partial charge in [-0.1, -0.05) is 61.4 Å². The maximum absolute atomic E-state index is 10.1. The average molecular weight is 267 g/mol. The Labute approximate surface area is 120 Å². The molecule has 1 aliphatic rings. The van der Waals surface area contributed by atoms with E-state index < -0.39 is 0 Å². The summed E-state index contributed by atoms with van der Waals surface area (Å²) in [6, 6.07) is 18.9. The Morgan fingerprint density at radius 3 is 2.35 bits per heavy atom. The van der Waals surface area contributed by atoms with E-state index in [1.165, 1.54) is 17.5 Å². The Hall–Kier alpha value is -1.80. The first-order valence-electron chi connectivity index (χ1n) is 7.43. The second-order valence-corrected chi connectivity index (χ2v) is 5.51. The van der Waals surface area contributed by atoms with Gasteiger partial charge in [-0.15, -0.1) is 0 Å². The molecule has 0 heterocycles. The van der Waals surface area contributed by atoms with Crippen molar-refractivity contribution in [2.45, 2.75) is 37.8 Å². The summed E-state index contributed by atoms with van der Waals surface area (Å²) < 4.78 is 0. The highest BCUT2D eigenvalue weighted by Crippen LogP contribution is 2.30. The largest absolute Gasteiger partial charge is 0.391 e. The Morgan fingerprint density at radius 2 is 1.55 bits per heavy atom. The monoisotopic (exact) mass is 267 g/mol. The molecule has 2 aromatic rings. The highest BCUT2D eigenvalue weighted by atomic mass is 16.3. The molecule has 104 valence electrons. The first-order chi connectivity index (χ1) is 9.84. The van der Waals surface area contributed by atoms with E-state index in [2.05, 4.69) is 47.8 Å². The van der Waals surface area contributed by atoms with Crippen LogP contribution >= 0.6 is 0 Å². The normalized spacial score (nSPS) is 22.4. The first kappa shape index (κ1) is 13.2. The smallest absolute Gasteiger partial charge is 0.0741 e. The van der Waals surface area contributed by atoms with Crippen LogP contribution in [0.4, 0.5) is 5.69 Å². The SMILES string of the molecule is O[C@@H]1CCCC[C@H]1Nc1ccccc1-c1ccccc1. The second-order valence-electron chi connectivity index (χ2n) is 5.51. The van der Waals surface area contributed by atoms with Crippen LogP contribution in [0.2, 0.25) is 0 Å². The van der Waals surface area contributed by atoms with Gasteiger partial charge in [-0.25, -0.2) is 0 Å². The second kappa shape index (κ2) is 6.10. The minimum atomic E-state index is -0.229. The molecule has 0 unspecified atom stereocenters. The van der Waals surface area contributed by atoms with Crippen LogP contribution in [-0.4, -0.2) is 17.3 Å². The van der Waals surface area contributed by atoms with Crippen molar-refractivity contribution in [2.75, 3.05) is 5.32 Å². The minimum Gasteiger partial charge on any atom is -0.391 e. The number of aliphatic hydroxyl groups excluding tert-OH is 1. The van der Waals surface area contributed by atoms with Crippen LogP contribution in [0.3, 0.4) is 0 Å². The van der Waals surface area contributed by atoms with Gasteiger partial charge >= 0.3 is 0 Å². The summed E-state index contributed by atoms with van der Waals surface area (Å²) in [6.45, 7) is 0. The third-order valence-electron chi connectivity index (χ3n) is 4.08. The molecule has 20 heavy (non-hydrogen) atoms. The van der Waals surface area contributed by atoms with Gasteiger partial charge in [-0.05, 0) is 24.5 Å². The number of para-hydroxylation sites is 1. The lowest BCUT2D eigenvalue weighted by Gasteiger charge is -2.30. The van der Waals surface area contributed by atoms with Crippen molar-refractivity contribution in [1.29, 1.82) is 0 Å². The summed E-state index contributed by atoms with van der Waals surface area (Å²) in [5, 5.41) is 13.7.